The summed E-state index contributed by atoms with van der Waals surface area (Å²) in [7, 11) is 0. The van der Waals surface area contributed by atoms with Gasteiger partial charge >= 0.3 is 5.97 Å². The lowest BCUT2D eigenvalue weighted by Crippen LogP contribution is -2.49. The van der Waals surface area contributed by atoms with Crippen molar-refractivity contribution in [1.82, 2.24) is 9.80 Å². The second-order valence-corrected chi connectivity index (χ2v) is 8.04. The molecule has 7 nitrogen and oxygen atoms in total. The Morgan fingerprint density at radius 1 is 1.23 bits per heavy atom. The Hall–Kier alpha value is -1.96. The van der Waals surface area contributed by atoms with E-state index in [4.69, 9.17) is 4.42 Å². The van der Waals surface area contributed by atoms with Crippen molar-refractivity contribution in [1.29, 1.82) is 0 Å². The van der Waals surface area contributed by atoms with Crippen molar-refractivity contribution < 1.29 is 23.9 Å². The zero-order chi connectivity index (χ0) is 18.7. The van der Waals surface area contributed by atoms with Crippen LogP contribution >= 0.6 is 11.8 Å². The summed E-state index contributed by atoms with van der Waals surface area (Å²) in [6, 6.07) is 2.87. The maximum atomic E-state index is 12.9. The quantitative estimate of drug-likeness (QED) is 0.838. The summed E-state index contributed by atoms with van der Waals surface area (Å²) >= 11 is 1.53. The Balaban J connectivity index is 1.60. The largest absolute Gasteiger partial charge is 0.480 e. The van der Waals surface area contributed by atoms with Crippen LogP contribution in [0.1, 0.15) is 31.9 Å². The number of hydrogen-bond acceptors (Lipinski definition) is 5. The second kappa shape index (κ2) is 8.16. The van der Waals surface area contributed by atoms with E-state index in [-0.39, 0.29) is 23.0 Å². The number of carbonyl (C=O) groups is 3. The Bertz CT molecular complexity index is 655. The minimum atomic E-state index is -0.950. The van der Waals surface area contributed by atoms with Gasteiger partial charge in [0.25, 0.3) is 0 Å². The van der Waals surface area contributed by atoms with E-state index >= 15 is 0 Å². The summed E-state index contributed by atoms with van der Waals surface area (Å²) in [5.41, 5.74) is 0. The van der Waals surface area contributed by atoms with Crippen molar-refractivity contribution in [2.45, 2.75) is 43.2 Å². The van der Waals surface area contributed by atoms with E-state index in [0.717, 1.165) is 5.76 Å². The molecule has 2 atom stereocenters. The summed E-state index contributed by atoms with van der Waals surface area (Å²) in [5.74, 6) is 0.202. The molecule has 1 aromatic heterocycles. The van der Waals surface area contributed by atoms with E-state index in [0.29, 0.717) is 44.6 Å². The molecule has 2 fully saturated rings. The molecule has 0 spiro atoms. The Morgan fingerprint density at radius 3 is 2.54 bits per heavy atom. The molecule has 8 heteroatoms. The fourth-order valence-corrected chi connectivity index (χ4v) is 5.00. The predicted molar refractivity (Wildman–Crippen MR) is 96.5 cm³/mol. The average Bonchev–Trinajstić information content (AvgIpc) is 3.28. The minimum absolute atomic E-state index is 0.0230. The highest BCUT2D eigenvalue weighted by Gasteiger charge is 2.44. The molecule has 1 aromatic rings. The molecule has 0 bridgehead atoms. The zero-order valence-corrected chi connectivity index (χ0v) is 15.6. The first kappa shape index (κ1) is 18.8. The first-order valence-electron chi connectivity index (χ1n) is 8.90. The van der Waals surface area contributed by atoms with Gasteiger partial charge in [-0.3, -0.25) is 9.59 Å². The van der Waals surface area contributed by atoms with Crippen LogP contribution < -0.4 is 0 Å². The summed E-state index contributed by atoms with van der Waals surface area (Å²) in [6.07, 6.45) is 3.47. The van der Waals surface area contributed by atoms with Gasteiger partial charge in [0.05, 0.1) is 12.0 Å². The van der Waals surface area contributed by atoms with Crippen molar-refractivity contribution >= 4 is 29.5 Å². The van der Waals surface area contributed by atoms with Gasteiger partial charge in [-0.15, -0.1) is 11.8 Å². The monoisotopic (exact) mass is 380 g/mol. The number of nitrogens with zero attached hydrogens (tertiary/aromatic N) is 2. The second-order valence-electron chi connectivity index (χ2n) is 6.81. The Labute approximate surface area is 156 Å². The van der Waals surface area contributed by atoms with Crippen LogP contribution in [0.25, 0.3) is 0 Å². The SMILES string of the molecule is CC(=O)N1CCC(C(=O)N2CC[C@H](SCc3ccco3)[C@H]2C(=O)O)CC1. The third-order valence-corrected chi connectivity index (χ3v) is 6.56. The standard InChI is InChI=1S/C18H24N2O5S/c1-12(21)19-7-4-13(5-8-19)17(22)20-9-6-15(16(20)18(23)24)26-11-14-3-2-10-25-14/h2-3,10,13,15-16H,4-9,11H2,1H3,(H,23,24)/t15-,16-/m0/s1. The predicted octanol–water partition coefficient (Wildman–Crippen LogP) is 1.83. The number of rotatable bonds is 5. The number of carbonyl (C=O) groups excluding carboxylic acids is 2. The fourth-order valence-electron chi connectivity index (χ4n) is 3.74. The van der Waals surface area contributed by atoms with Crippen molar-refractivity contribution in [2.24, 2.45) is 5.92 Å². The molecule has 2 saturated heterocycles. The van der Waals surface area contributed by atoms with E-state index in [1.165, 1.54) is 23.6 Å². The molecule has 0 radical (unpaired) electrons. The summed E-state index contributed by atoms with van der Waals surface area (Å²) < 4.78 is 5.31. The molecule has 3 rings (SSSR count). The van der Waals surface area contributed by atoms with Gasteiger partial charge in [0.2, 0.25) is 11.8 Å². The fraction of sp³-hybridized carbons (Fsp3) is 0.611. The lowest BCUT2D eigenvalue weighted by atomic mass is 9.95. The van der Waals surface area contributed by atoms with E-state index in [9.17, 15) is 19.5 Å². The third kappa shape index (κ3) is 4.06. The van der Waals surface area contributed by atoms with E-state index < -0.39 is 12.0 Å². The van der Waals surface area contributed by atoms with E-state index in [2.05, 4.69) is 0 Å². The average molecular weight is 380 g/mol. The van der Waals surface area contributed by atoms with Gasteiger partial charge in [0, 0.05) is 37.7 Å². The number of aliphatic carboxylic acids is 1. The van der Waals surface area contributed by atoms with Crippen molar-refractivity contribution in [3.63, 3.8) is 0 Å². The molecular formula is C18H24N2O5S. The highest BCUT2D eigenvalue weighted by Crippen LogP contribution is 2.33. The van der Waals surface area contributed by atoms with Gasteiger partial charge in [-0.25, -0.2) is 4.79 Å². The molecular weight excluding hydrogens is 356 g/mol. The van der Waals surface area contributed by atoms with Gasteiger partial charge in [0.1, 0.15) is 11.8 Å². The molecule has 2 amide bonds. The lowest BCUT2D eigenvalue weighted by molar-refractivity contribution is -0.150. The van der Waals surface area contributed by atoms with Crippen LogP contribution in [0.2, 0.25) is 0 Å². The summed E-state index contributed by atoms with van der Waals surface area (Å²) in [4.78, 5) is 39.4. The molecule has 2 aliphatic heterocycles. The number of thioether (sulfide) groups is 1. The van der Waals surface area contributed by atoms with Crippen LogP contribution in [0.4, 0.5) is 0 Å². The number of amides is 2. The number of furan rings is 1. The molecule has 0 saturated carbocycles. The van der Waals surface area contributed by atoms with Gasteiger partial charge in [-0.2, -0.15) is 0 Å². The number of carboxylic acid groups (broad SMARTS) is 1. The molecule has 26 heavy (non-hydrogen) atoms. The minimum Gasteiger partial charge on any atom is -0.480 e. The van der Waals surface area contributed by atoms with Gasteiger partial charge in [-0.1, -0.05) is 0 Å². The van der Waals surface area contributed by atoms with E-state index in [1.807, 2.05) is 12.1 Å². The third-order valence-electron chi connectivity index (χ3n) is 5.19. The summed E-state index contributed by atoms with van der Waals surface area (Å²) in [6.45, 7) is 3.13. The van der Waals surface area contributed by atoms with Gasteiger partial charge < -0.3 is 19.3 Å². The topological polar surface area (TPSA) is 91.1 Å². The van der Waals surface area contributed by atoms with Crippen LogP contribution in [0.3, 0.4) is 0 Å². The lowest BCUT2D eigenvalue weighted by Gasteiger charge is -2.34. The highest BCUT2D eigenvalue weighted by molar-refractivity contribution is 7.99. The molecule has 0 unspecified atom stereocenters. The van der Waals surface area contributed by atoms with Crippen LogP contribution in [-0.2, 0) is 20.1 Å². The zero-order valence-electron chi connectivity index (χ0n) is 14.8. The molecule has 0 aliphatic carbocycles. The Kier molecular flexibility index (Phi) is 5.90. The van der Waals surface area contributed by atoms with Gasteiger partial charge in [0.15, 0.2) is 0 Å². The first-order valence-corrected chi connectivity index (χ1v) is 9.95. The highest BCUT2D eigenvalue weighted by atomic mass is 32.2. The van der Waals surface area contributed by atoms with Crippen molar-refractivity contribution in [3.05, 3.63) is 24.2 Å². The first-order chi connectivity index (χ1) is 12.5. The molecule has 3 heterocycles. The van der Waals surface area contributed by atoms with Crippen LogP contribution in [0.5, 0.6) is 0 Å². The molecule has 142 valence electrons. The Morgan fingerprint density at radius 2 is 1.96 bits per heavy atom. The number of piperidine rings is 1. The molecule has 0 aromatic carbocycles. The van der Waals surface area contributed by atoms with Gasteiger partial charge in [-0.05, 0) is 31.4 Å². The van der Waals surface area contributed by atoms with Crippen LogP contribution in [-0.4, -0.2) is 63.6 Å². The maximum absolute atomic E-state index is 12.9. The molecule has 1 N–H and O–H groups in total. The van der Waals surface area contributed by atoms with E-state index in [1.54, 1.807) is 11.2 Å². The van der Waals surface area contributed by atoms with Crippen LogP contribution in [0.15, 0.2) is 22.8 Å². The smallest absolute Gasteiger partial charge is 0.327 e. The normalized spacial score (nSPS) is 24.0. The maximum Gasteiger partial charge on any atom is 0.327 e. The molecule has 2 aliphatic rings. The number of carboxylic acids is 1. The number of likely N-dealkylation sites (tertiary alicyclic amines) is 2. The number of hydrogen-bond donors (Lipinski definition) is 1. The summed E-state index contributed by atoms with van der Waals surface area (Å²) in [5, 5.41) is 9.55. The van der Waals surface area contributed by atoms with Crippen molar-refractivity contribution in [3.8, 4) is 0 Å². The van der Waals surface area contributed by atoms with Crippen LogP contribution in [0, 0.1) is 5.92 Å². The van der Waals surface area contributed by atoms with Crippen molar-refractivity contribution in [2.75, 3.05) is 19.6 Å².